The predicted octanol–water partition coefficient (Wildman–Crippen LogP) is 2.82. The van der Waals surface area contributed by atoms with Gasteiger partial charge in [0.1, 0.15) is 13.2 Å². The molecular weight excluding hydrogens is 540 g/mol. The number of likely N-dealkylation sites (tertiary alicyclic amines) is 1. The Labute approximate surface area is 232 Å². The van der Waals surface area contributed by atoms with Gasteiger partial charge in [-0.3, -0.25) is 14.5 Å². The van der Waals surface area contributed by atoms with Gasteiger partial charge in [0.25, 0.3) is 0 Å². The lowest BCUT2D eigenvalue weighted by atomic mass is 9.92. The summed E-state index contributed by atoms with van der Waals surface area (Å²) in [5.41, 5.74) is 7.43. The number of hydrogen-bond acceptors (Lipinski definition) is 8. The van der Waals surface area contributed by atoms with Gasteiger partial charge >= 0.3 is 12.2 Å². The normalized spacial score (nSPS) is 17.1. The van der Waals surface area contributed by atoms with Gasteiger partial charge in [-0.25, -0.2) is 22.9 Å². The third-order valence-corrected chi connectivity index (χ3v) is 8.35. The minimum Gasteiger partial charge on any atom is -0.444 e. The molecule has 0 bridgehead atoms. The Morgan fingerprint density at radius 1 is 0.975 bits per heavy atom. The molecule has 40 heavy (non-hydrogen) atoms. The molecule has 0 saturated carbocycles. The molecule has 2 aromatic carbocycles. The number of carbonyl (C=O) groups is 4. The molecule has 0 unspecified atom stereocenters. The maximum Gasteiger partial charge on any atom is 0.437 e. The summed E-state index contributed by atoms with van der Waals surface area (Å²) < 4.78 is 35.5. The first-order valence-corrected chi connectivity index (χ1v) is 14.3. The minimum atomic E-state index is -3.74. The Morgan fingerprint density at radius 2 is 1.52 bits per heavy atom. The van der Waals surface area contributed by atoms with E-state index < -0.39 is 51.1 Å². The van der Waals surface area contributed by atoms with E-state index in [4.69, 9.17) is 15.2 Å². The maximum atomic E-state index is 12.9. The number of benzene rings is 2. The Kier molecular flexibility index (Phi) is 10.4. The maximum absolute atomic E-state index is 12.9. The zero-order valence-electron chi connectivity index (χ0n) is 22.3. The third kappa shape index (κ3) is 7.65. The molecule has 2 atom stereocenters. The predicted molar refractivity (Wildman–Crippen MR) is 145 cm³/mol. The van der Waals surface area contributed by atoms with Crippen molar-refractivity contribution in [3.8, 4) is 0 Å². The zero-order valence-corrected chi connectivity index (χ0v) is 23.1. The summed E-state index contributed by atoms with van der Waals surface area (Å²) in [5, 5.41) is -1.26. The van der Waals surface area contributed by atoms with E-state index in [1.54, 1.807) is 48.5 Å². The molecule has 2 N–H and O–H groups in total. The van der Waals surface area contributed by atoms with Crippen LogP contribution in [-0.4, -0.2) is 65.8 Å². The van der Waals surface area contributed by atoms with Crippen molar-refractivity contribution in [1.29, 1.82) is 0 Å². The quantitative estimate of drug-likeness (QED) is 0.256. The van der Waals surface area contributed by atoms with Crippen molar-refractivity contribution in [2.75, 3.05) is 12.3 Å². The van der Waals surface area contributed by atoms with Crippen molar-refractivity contribution in [3.05, 3.63) is 71.8 Å². The van der Waals surface area contributed by atoms with Gasteiger partial charge in [-0.05, 0) is 24.0 Å². The van der Waals surface area contributed by atoms with Crippen LogP contribution in [0.5, 0.6) is 0 Å². The molecule has 214 valence electrons. The van der Waals surface area contributed by atoms with Crippen molar-refractivity contribution in [3.63, 3.8) is 0 Å². The average Bonchev–Trinajstić information content (AvgIpc) is 2.94. The monoisotopic (exact) mass is 572 g/mol. The zero-order chi connectivity index (χ0) is 29.3. The molecule has 0 aromatic heterocycles. The number of guanidine groups is 1. The number of carbonyl (C=O) groups excluding carboxylic acids is 4. The summed E-state index contributed by atoms with van der Waals surface area (Å²) in [6.45, 7) is 2.29. The first-order chi connectivity index (χ1) is 19.0. The van der Waals surface area contributed by atoms with Gasteiger partial charge in [0.2, 0.25) is 17.8 Å². The molecule has 1 aliphatic rings. The van der Waals surface area contributed by atoms with Crippen molar-refractivity contribution in [2.24, 2.45) is 16.6 Å². The van der Waals surface area contributed by atoms with E-state index in [0.717, 1.165) is 22.3 Å². The highest BCUT2D eigenvalue weighted by Gasteiger charge is 2.55. The van der Waals surface area contributed by atoms with E-state index >= 15 is 0 Å². The van der Waals surface area contributed by atoms with Crippen LogP contribution in [0.25, 0.3) is 0 Å². The minimum absolute atomic E-state index is 0.0424. The molecule has 1 saturated heterocycles. The number of nitrogens with zero attached hydrogens (tertiary/aromatic N) is 3. The standard InChI is InChI=1S/C27H32N4O8S/c1-3-40(36,37)24-22(23(33)31(24)19(2)32)15-10-16-30(27(35)39-18-21-13-8-5-9-14-21)25(28)29-26(34)38-17-20-11-6-4-7-12-20/h4-9,11-14,22,24H,3,10,15-18H2,1-2H3,(H2,28,29,34)/t22-,24+/m0/s1. The van der Waals surface area contributed by atoms with Gasteiger partial charge in [0, 0.05) is 19.2 Å². The van der Waals surface area contributed by atoms with Crippen LogP contribution in [0.3, 0.4) is 0 Å². The number of sulfone groups is 1. The van der Waals surface area contributed by atoms with Gasteiger partial charge in [0.15, 0.2) is 15.2 Å². The molecule has 4 amide bonds. The molecule has 1 aliphatic heterocycles. The van der Waals surface area contributed by atoms with Crippen molar-refractivity contribution >= 4 is 39.8 Å². The van der Waals surface area contributed by atoms with Crippen LogP contribution in [0.2, 0.25) is 0 Å². The second kappa shape index (κ2) is 13.7. The molecule has 0 spiro atoms. The Bertz CT molecular complexity index is 1350. The molecule has 0 aliphatic carbocycles. The molecule has 0 radical (unpaired) electrons. The van der Waals surface area contributed by atoms with Crippen LogP contribution < -0.4 is 5.73 Å². The average molecular weight is 573 g/mol. The van der Waals surface area contributed by atoms with Crippen molar-refractivity contribution in [2.45, 2.75) is 45.3 Å². The summed E-state index contributed by atoms with van der Waals surface area (Å²) in [4.78, 5) is 54.9. The summed E-state index contributed by atoms with van der Waals surface area (Å²) in [6.07, 6.45) is -1.78. The molecule has 3 rings (SSSR count). The Morgan fingerprint density at radius 3 is 2.05 bits per heavy atom. The highest BCUT2D eigenvalue weighted by Crippen LogP contribution is 2.35. The van der Waals surface area contributed by atoms with E-state index in [-0.39, 0.29) is 38.4 Å². The first-order valence-electron chi connectivity index (χ1n) is 12.6. The smallest absolute Gasteiger partial charge is 0.437 e. The molecule has 12 nitrogen and oxygen atoms in total. The fraction of sp³-hybridized carbons (Fsp3) is 0.370. The fourth-order valence-corrected chi connectivity index (χ4v) is 5.85. The number of ether oxygens (including phenoxy) is 2. The lowest BCUT2D eigenvalue weighted by molar-refractivity contribution is -0.160. The van der Waals surface area contributed by atoms with Gasteiger partial charge in [-0.15, -0.1) is 4.99 Å². The van der Waals surface area contributed by atoms with E-state index in [2.05, 4.69) is 4.99 Å². The fourth-order valence-electron chi connectivity index (χ4n) is 4.18. The van der Waals surface area contributed by atoms with Crippen LogP contribution in [0.15, 0.2) is 65.7 Å². The molecular formula is C27H32N4O8S. The summed E-state index contributed by atoms with van der Waals surface area (Å²) in [5.74, 6) is -2.93. The molecule has 13 heteroatoms. The number of nitrogens with two attached hydrogens (primary N) is 1. The van der Waals surface area contributed by atoms with Gasteiger partial charge in [-0.2, -0.15) is 0 Å². The van der Waals surface area contributed by atoms with Crippen LogP contribution in [0.4, 0.5) is 9.59 Å². The number of amides is 4. The Hall–Kier alpha value is -4.26. The van der Waals surface area contributed by atoms with E-state index in [9.17, 15) is 27.6 Å². The lowest BCUT2D eigenvalue weighted by Gasteiger charge is -2.44. The summed E-state index contributed by atoms with van der Waals surface area (Å²) in [6, 6.07) is 17.8. The molecule has 2 aromatic rings. The largest absolute Gasteiger partial charge is 0.444 e. The Balaban J connectivity index is 1.69. The second-order valence-corrected chi connectivity index (χ2v) is 11.4. The lowest BCUT2D eigenvalue weighted by Crippen LogP contribution is -2.65. The third-order valence-electron chi connectivity index (χ3n) is 6.27. The topological polar surface area (TPSA) is 166 Å². The van der Waals surface area contributed by atoms with Crippen molar-refractivity contribution in [1.82, 2.24) is 9.80 Å². The van der Waals surface area contributed by atoms with Crippen molar-refractivity contribution < 1.29 is 37.1 Å². The van der Waals surface area contributed by atoms with E-state index in [1.807, 2.05) is 12.1 Å². The number of hydrogen-bond donors (Lipinski definition) is 1. The summed E-state index contributed by atoms with van der Waals surface area (Å²) >= 11 is 0. The SMILES string of the molecule is CCS(=O)(=O)[C@@H]1[C@@H](CCCN(C(=O)OCc2ccccc2)C(N)=NC(=O)OCc2ccccc2)C(=O)N1C(C)=O. The van der Waals surface area contributed by atoms with Crippen LogP contribution in [0, 0.1) is 5.92 Å². The van der Waals surface area contributed by atoms with Gasteiger partial charge in [-0.1, -0.05) is 67.6 Å². The first kappa shape index (κ1) is 30.3. The summed E-state index contributed by atoms with van der Waals surface area (Å²) in [7, 11) is -3.74. The van der Waals surface area contributed by atoms with Crippen LogP contribution >= 0.6 is 0 Å². The second-order valence-electron chi connectivity index (χ2n) is 9.02. The van der Waals surface area contributed by atoms with Gasteiger partial charge in [0.05, 0.1) is 5.92 Å². The number of rotatable bonds is 10. The number of aliphatic imine (C=N–C) groups is 1. The van der Waals surface area contributed by atoms with Gasteiger partial charge < -0.3 is 15.2 Å². The molecule has 1 fully saturated rings. The van der Waals surface area contributed by atoms with Crippen LogP contribution in [-0.2, 0) is 42.1 Å². The van der Waals surface area contributed by atoms with Crippen LogP contribution in [0.1, 0.15) is 37.8 Å². The van der Waals surface area contributed by atoms with E-state index in [0.29, 0.717) is 5.56 Å². The number of imide groups is 1. The highest BCUT2D eigenvalue weighted by atomic mass is 32.2. The van der Waals surface area contributed by atoms with E-state index in [1.165, 1.54) is 6.92 Å². The molecule has 1 heterocycles. The number of β-lactam (4-membered cyclic amide) rings is 1. The highest BCUT2D eigenvalue weighted by molar-refractivity contribution is 7.92.